The van der Waals surface area contributed by atoms with E-state index in [4.69, 9.17) is 27.9 Å². The fourth-order valence-corrected chi connectivity index (χ4v) is 22.1. The summed E-state index contributed by atoms with van der Waals surface area (Å²) in [6, 6.07) is 13.9. The molecule has 2 aromatic rings. The maximum atomic E-state index is 12.7. The summed E-state index contributed by atoms with van der Waals surface area (Å²) in [6.07, 6.45) is 57.5. The molecule has 9 saturated heterocycles. The van der Waals surface area contributed by atoms with Crippen LogP contribution in [0.1, 0.15) is 298 Å². The van der Waals surface area contributed by atoms with Crippen molar-refractivity contribution < 1.29 is 34.2 Å². The number of carbonyl (C=O) groups excluding carboxylic acids is 4. The standard InChI is InChI=1S/C20H27N3O3.C20H26N2O.C12H20NP.C12H23N.C10H16NOP.C6H14NOP.C6H12NOP.C6H14NP.C6H13N/c21-18(22)15-1-3-16(4-2-15)19(26)23-11-9-20(10-12-23)7-5-14(6-8-20)13-17(24)25;1-3-16-8-10-20(11-9-16)12-14-22(15-13-20)19(23)17-4-6-18(21-2)7-5-17;1-2-11-3-5-12(6-4-11)7-9-13(14)10-8-12;1-2-11-3-5-12(6-4-11)7-9-13-10-8-12;12-9-1-3-10(4-2-9)5-7-11(13)8-6-10;2*8-5-6-1-3-7(9)4-2-6;1-6-2-4-7(8)5-3-6;1-6-2-4-7-5-3-6/h1-4,14H,5-13H2,(H3,21,22)(H,24,25);4-7,16H,3,8-15H2,1H3;2-3,5H,4,6-10,14H2,1H3;11,13H,2-10H2,1H3;1,3H,2,4-8,13H2;6,8H,1-5,9H2;5-6H,1-4,9H2;6H,2-5,8H2,1H3;6-7H,2-5H2,1H3. The molecule has 0 bridgehead atoms. The number of allylic oxidation sites excluding steroid dienone is 6. The van der Waals surface area contributed by atoms with Crippen molar-refractivity contribution in [2.24, 2.45) is 74.2 Å². The van der Waals surface area contributed by atoms with E-state index in [1.165, 1.54) is 199 Å². The van der Waals surface area contributed by atoms with E-state index < -0.39 is 5.97 Å². The molecule has 9 aliphatic heterocycles. The number of likely N-dealkylation sites (tertiary alicyclic amines) is 2. The van der Waals surface area contributed by atoms with Crippen molar-refractivity contribution in [2.45, 2.75) is 272 Å². The Morgan fingerprint density at radius 3 is 1.21 bits per heavy atom. The number of amides is 2. The van der Waals surface area contributed by atoms with Gasteiger partial charge in [0.2, 0.25) is 0 Å². The van der Waals surface area contributed by atoms with Crippen LogP contribution in [0.5, 0.6) is 0 Å². The van der Waals surface area contributed by atoms with Crippen molar-refractivity contribution in [1.82, 2.24) is 43.8 Å². The van der Waals surface area contributed by atoms with Gasteiger partial charge >= 0.3 is 5.97 Å². The highest BCUT2D eigenvalue weighted by atomic mass is 31.0. The van der Waals surface area contributed by atoms with E-state index in [1.54, 1.807) is 54.6 Å². The van der Waals surface area contributed by atoms with Gasteiger partial charge in [0.1, 0.15) is 12.1 Å². The molecule has 9 heterocycles. The molecule has 684 valence electrons. The second-order valence-electron chi connectivity index (χ2n) is 39.3. The van der Waals surface area contributed by atoms with E-state index >= 15 is 0 Å². The maximum Gasteiger partial charge on any atom is 0.303 e. The number of nitrogens with one attached hydrogen (secondary N) is 3. The molecule has 24 heteroatoms. The molecule has 5 spiro atoms. The number of nitrogens with two attached hydrogens (primary N) is 1. The van der Waals surface area contributed by atoms with Crippen LogP contribution in [-0.4, -0.2) is 203 Å². The molecule has 0 radical (unpaired) electrons. The summed E-state index contributed by atoms with van der Waals surface area (Å²) in [5.74, 6) is 4.92. The summed E-state index contributed by atoms with van der Waals surface area (Å²) < 4.78 is 11.4. The molecule has 16 rings (SSSR count). The van der Waals surface area contributed by atoms with Gasteiger partial charge in [-0.05, 0) is 326 Å². The lowest BCUT2D eigenvalue weighted by atomic mass is 9.65. The number of ketones is 1. The van der Waals surface area contributed by atoms with Gasteiger partial charge in [0.05, 0.1) is 6.57 Å². The molecule has 12 fully saturated rings. The average Bonchev–Trinajstić information content (AvgIpc) is 0.800. The Bertz CT molecular complexity index is 3510. The first-order valence-corrected chi connectivity index (χ1v) is 50.5. The molecule has 0 aromatic heterocycles. The molecular weight excluding hydrogens is 1610 g/mol. The van der Waals surface area contributed by atoms with E-state index in [9.17, 15) is 24.0 Å². The number of carbonyl (C=O) groups is 5. The minimum Gasteiger partial charge on any atom is -0.481 e. The number of aliphatic hydroxyl groups excluding tert-OH is 1. The van der Waals surface area contributed by atoms with Crippen LogP contribution in [0.3, 0.4) is 0 Å². The van der Waals surface area contributed by atoms with Crippen molar-refractivity contribution in [2.75, 3.05) is 124 Å². The van der Waals surface area contributed by atoms with Gasteiger partial charge in [-0.25, -0.2) is 4.85 Å². The van der Waals surface area contributed by atoms with Gasteiger partial charge < -0.3 is 41.2 Å². The second-order valence-corrected chi connectivity index (χ2v) is 43.0. The van der Waals surface area contributed by atoms with Gasteiger partial charge in [-0.2, -0.15) is 0 Å². The van der Waals surface area contributed by atoms with Crippen molar-refractivity contribution in [3.63, 3.8) is 0 Å². The number of nitrogens with zero attached hydrogens (tertiary/aromatic N) is 8. The zero-order chi connectivity index (χ0) is 88.0. The number of benzene rings is 2. The summed E-state index contributed by atoms with van der Waals surface area (Å²) in [7, 11) is 13.7. The fourth-order valence-electron chi connectivity index (χ4n) is 20.6. The fraction of sp³-hybridized carbons (Fsp3) is 0.745. The van der Waals surface area contributed by atoms with Crippen LogP contribution >= 0.6 is 47.0 Å². The average molecular weight is 1780 g/mol. The number of piperidine rings is 9. The van der Waals surface area contributed by atoms with Crippen LogP contribution in [0.15, 0.2) is 84.5 Å². The van der Waals surface area contributed by atoms with E-state index in [2.05, 4.69) is 145 Å². The highest BCUT2D eigenvalue weighted by Gasteiger charge is 2.42. The van der Waals surface area contributed by atoms with E-state index in [1.807, 2.05) is 9.80 Å². The molecule has 14 aliphatic rings. The minimum absolute atomic E-state index is 0.00224. The summed E-state index contributed by atoms with van der Waals surface area (Å²) >= 11 is 0. The monoisotopic (exact) mass is 1780 g/mol. The number of carboxylic acids is 1. The maximum absolute atomic E-state index is 12.7. The van der Waals surface area contributed by atoms with Crippen LogP contribution < -0.4 is 16.4 Å². The molecule has 5 aliphatic carbocycles. The van der Waals surface area contributed by atoms with E-state index in [0.29, 0.717) is 74.2 Å². The number of amidine groups is 1. The van der Waals surface area contributed by atoms with Gasteiger partial charge in [0.15, 0.2) is 11.5 Å². The van der Waals surface area contributed by atoms with E-state index in [-0.39, 0.29) is 24.1 Å². The highest BCUT2D eigenvalue weighted by molar-refractivity contribution is 7.14. The Hall–Kier alpha value is -3.80. The van der Waals surface area contributed by atoms with Gasteiger partial charge in [0.25, 0.3) is 11.8 Å². The van der Waals surface area contributed by atoms with Crippen LogP contribution in [0.2, 0.25) is 0 Å². The van der Waals surface area contributed by atoms with Crippen LogP contribution in [0.4, 0.5) is 5.69 Å². The van der Waals surface area contributed by atoms with Crippen LogP contribution in [0, 0.1) is 80.5 Å². The molecule has 2 amide bonds. The second kappa shape index (κ2) is 54.0. The van der Waals surface area contributed by atoms with Crippen LogP contribution in [-0.2, 0) is 14.4 Å². The Kier molecular flexibility index (Phi) is 45.8. The number of hydrogen-bond acceptors (Lipinski definition) is 14. The predicted octanol–water partition coefficient (Wildman–Crippen LogP) is 19.5. The molecule has 122 heavy (non-hydrogen) atoms. The van der Waals surface area contributed by atoms with Gasteiger partial charge in [-0.15, -0.1) is 0 Å². The van der Waals surface area contributed by atoms with Gasteiger partial charge in [-0.1, -0.05) is 154 Å². The molecule has 3 saturated carbocycles. The highest BCUT2D eigenvalue weighted by Crippen LogP contribution is 2.50. The Balaban J connectivity index is 0.000000176. The molecule has 2 aromatic carbocycles. The number of nitrogen functional groups attached to an aromatic ring is 1. The molecule has 19 nitrogen and oxygen atoms in total. The lowest BCUT2D eigenvalue weighted by molar-refractivity contribution is -0.138. The largest absolute Gasteiger partial charge is 0.481 e. The van der Waals surface area contributed by atoms with Crippen molar-refractivity contribution >= 4 is 88.3 Å². The zero-order valence-electron chi connectivity index (χ0n) is 76.2. The summed E-state index contributed by atoms with van der Waals surface area (Å²) in [5, 5.41) is 31.9. The van der Waals surface area contributed by atoms with Gasteiger partial charge in [-0.3, -0.25) is 47.9 Å². The normalized spacial score (nSPS) is 25.0. The first-order valence-electron chi connectivity index (χ1n) is 47.9. The number of aliphatic carboxylic acids is 1. The first kappa shape index (κ1) is 104. The topological polar surface area (TPSA) is 227 Å². The summed E-state index contributed by atoms with van der Waals surface area (Å²) in [4.78, 5) is 64.8. The van der Waals surface area contributed by atoms with E-state index in [0.717, 1.165) is 191 Å². The lowest BCUT2D eigenvalue weighted by Crippen LogP contribution is -2.44. The van der Waals surface area contributed by atoms with Gasteiger partial charge in [0, 0.05) is 134 Å². The first-order chi connectivity index (χ1) is 58.7. The van der Waals surface area contributed by atoms with Crippen molar-refractivity contribution in [3.05, 3.63) is 113 Å². The number of rotatable bonds is 9. The quantitative estimate of drug-likeness (QED) is 0.0451. The zero-order valence-corrected chi connectivity index (χ0v) is 82.0. The molecular formula is C98H165N12O7P5. The molecule has 7 N–H and O–H groups in total. The van der Waals surface area contributed by atoms with Crippen molar-refractivity contribution in [1.29, 1.82) is 5.41 Å². The summed E-state index contributed by atoms with van der Waals surface area (Å²) in [5.41, 5.74) is 12.0. The lowest BCUT2D eigenvalue weighted by Gasteiger charge is -2.46. The third kappa shape index (κ3) is 35.6. The Labute approximate surface area is 750 Å². The van der Waals surface area contributed by atoms with Crippen LogP contribution in [0.25, 0.3) is 4.85 Å². The number of aldehydes is 1. The smallest absolute Gasteiger partial charge is 0.303 e. The Morgan fingerprint density at radius 1 is 0.484 bits per heavy atom. The third-order valence-corrected chi connectivity index (χ3v) is 33.4. The molecule has 5 atom stereocenters. The molecule has 5 unspecified atom stereocenters. The SMILES string of the molecule is CC1CCN(P)CC1.CC1CCNCC1.CC=C1C=CC2(CC1)CCN(P)CC2.CCC1CCC2(CCNCC2)CC1.N=C(N)c1ccc(C(=O)N2CCC3(CCC(CC(=O)O)CC3)CC2)cc1.O=C1C=CC2(CC1)CCN(P)CC2.O=CC1CCN(P)CC1.OCC1CCN(P)CC1.[C-]#[N+]c1ccc(C(=O)N2CCC3(CCC(CC)CC3)CC2)cc1. The summed E-state index contributed by atoms with van der Waals surface area (Å²) in [6.45, 7) is 38.8. The number of hydrogen-bond donors (Lipinski definition) is 6. The number of aliphatic hydroxyl groups is 1. The predicted molar refractivity (Wildman–Crippen MR) is 522 cm³/mol. The van der Waals surface area contributed by atoms with Crippen molar-refractivity contribution in [3.8, 4) is 0 Å². The number of carboxylic acid groups (broad SMARTS) is 1. The third-order valence-electron chi connectivity index (χ3n) is 30.8. The minimum atomic E-state index is -0.692. The Morgan fingerprint density at radius 2 is 0.861 bits per heavy atom.